The molecule has 1 aliphatic heterocycles. The van der Waals surface area contributed by atoms with Gasteiger partial charge in [0.2, 0.25) is 0 Å². The molecule has 2 aromatic carbocycles. The molecule has 114 valence electrons. The smallest absolute Gasteiger partial charge is 0.258 e. The summed E-state index contributed by atoms with van der Waals surface area (Å²) in [5.41, 5.74) is 1.02. The Morgan fingerprint density at radius 1 is 1.27 bits per heavy atom. The molecular weight excluding hydrogens is 346 g/mol. The molecular formula is C17H16BrNO3. The summed E-state index contributed by atoms with van der Waals surface area (Å²) in [5.74, 6) is 1.37. The van der Waals surface area contributed by atoms with Crippen LogP contribution in [0.4, 0.5) is 0 Å². The van der Waals surface area contributed by atoms with E-state index in [1.165, 1.54) is 0 Å². The van der Waals surface area contributed by atoms with Crippen LogP contribution in [-0.2, 0) is 4.79 Å². The quantitative estimate of drug-likeness (QED) is 0.906. The number of hydrogen-bond donors (Lipinski definition) is 1. The summed E-state index contributed by atoms with van der Waals surface area (Å²) in [6.07, 6.45) is 0.764. The second-order valence-electron chi connectivity index (χ2n) is 5.04. The van der Waals surface area contributed by atoms with Gasteiger partial charge in [0.15, 0.2) is 6.61 Å². The first kappa shape index (κ1) is 14.9. The zero-order chi connectivity index (χ0) is 15.4. The fourth-order valence-corrected chi connectivity index (χ4v) is 2.81. The molecule has 0 saturated heterocycles. The van der Waals surface area contributed by atoms with E-state index in [0.717, 1.165) is 22.2 Å². The van der Waals surface area contributed by atoms with Crippen LogP contribution in [0.15, 0.2) is 53.0 Å². The first-order valence-electron chi connectivity index (χ1n) is 7.12. The van der Waals surface area contributed by atoms with E-state index in [1.807, 2.05) is 48.5 Å². The van der Waals surface area contributed by atoms with Gasteiger partial charge in [0.1, 0.15) is 11.5 Å². The van der Waals surface area contributed by atoms with Gasteiger partial charge in [-0.15, -0.1) is 0 Å². The monoisotopic (exact) mass is 361 g/mol. The molecule has 0 fully saturated rings. The first-order chi connectivity index (χ1) is 10.7. The Labute approximate surface area is 137 Å². The lowest BCUT2D eigenvalue weighted by atomic mass is 10.0. The average Bonchev–Trinajstić information content (AvgIpc) is 2.53. The Hall–Kier alpha value is -2.01. The molecule has 0 aromatic heterocycles. The number of rotatable bonds is 4. The maximum atomic E-state index is 12.1. The molecule has 1 atom stereocenters. The predicted octanol–water partition coefficient (Wildman–Crippen LogP) is 3.47. The van der Waals surface area contributed by atoms with Crippen molar-refractivity contribution in [2.75, 3.05) is 13.2 Å². The van der Waals surface area contributed by atoms with E-state index in [-0.39, 0.29) is 18.6 Å². The van der Waals surface area contributed by atoms with Crippen LogP contribution in [-0.4, -0.2) is 19.1 Å². The van der Waals surface area contributed by atoms with E-state index >= 15 is 0 Å². The van der Waals surface area contributed by atoms with Crippen molar-refractivity contribution in [3.8, 4) is 11.5 Å². The van der Waals surface area contributed by atoms with E-state index in [9.17, 15) is 4.79 Å². The van der Waals surface area contributed by atoms with Crippen molar-refractivity contribution in [2.45, 2.75) is 12.5 Å². The Kier molecular flexibility index (Phi) is 4.63. The van der Waals surface area contributed by atoms with E-state index < -0.39 is 0 Å². The van der Waals surface area contributed by atoms with E-state index in [1.54, 1.807) is 0 Å². The van der Waals surface area contributed by atoms with Crippen molar-refractivity contribution in [1.29, 1.82) is 0 Å². The molecule has 4 nitrogen and oxygen atoms in total. The van der Waals surface area contributed by atoms with Crippen LogP contribution in [0.1, 0.15) is 18.0 Å². The number of halogens is 1. The third kappa shape index (κ3) is 3.60. The minimum atomic E-state index is -0.137. The number of fused-ring (bicyclic) bond motifs is 1. The van der Waals surface area contributed by atoms with Crippen LogP contribution in [0.5, 0.6) is 11.5 Å². The highest BCUT2D eigenvalue weighted by Crippen LogP contribution is 2.31. The molecule has 0 bridgehead atoms. The lowest BCUT2D eigenvalue weighted by Gasteiger charge is -2.26. The van der Waals surface area contributed by atoms with Gasteiger partial charge in [-0.3, -0.25) is 4.79 Å². The van der Waals surface area contributed by atoms with Crippen LogP contribution in [0, 0.1) is 0 Å². The van der Waals surface area contributed by atoms with Crippen LogP contribution in [0.25, 0.3) is 0 Å². The van der Waals surface area contributed by atoms with Gasteiger partial charge >= 0.3 is 0 Å². The summed E-state index contributed by atoms with van der Waals surface area (Å²) in [4.78, 5) is 12.1. The molecule has 0 radical (unpaired) electrons. The molecule has 2 aromatic rings. The number of amides is 1. The summed E-state index contributed by atoms with van der Waals surface area (Å²) >= 11 is 3.37. The molecule has 22 heavy (non-hydrogen) atoms. The fraction of sp³-hybridized carbons (Fsp3) is 0.235. The number of para-hydroxylation sites is 1. The Bertz CT molecular complexity index is 674. The highest BCUT2D eigenvalue weighted by Gasteiger charge is 2.22. The van der Waals surface area contributed by atoms with E-state index in [4.69, 9.17) is 9.47 Å². The molecule has 1 amide bonds. The normalized spacial score (nSPS) is 16.3. The highest BCUT2D eigenvalue weighted by atomic mass is 79.9. The van der Waals surface area contributed by atoms with Gasteiger partial charge < -0.3 is 14.8 Å². The SMILES string of the molecule is O=C(COc1cccc(Br)c1)N[C@@H]1CCOc2ccccc21. The third-order valence-electron chi connectivity index (χ3n) is 3.46. The maximum Gasteiger partial charge on any atom is 0.258 e. The second kappa shape index (κ2) is 6.83. The third-order valence-corrected chi connectivity index (χ3v) is 3.95. The Balaban J connectivity index is 1.59. The highest BCUT2D eigenvalue weighted by molar-refractivity contribution is 9.10. The summed E-state index contributed by atoms with van der Waals surface area (Å²) in [6, 6.07) is 15.2. The fourth-order valence-electron chi connectivity index (χ4n) is 2.43. The number of ether oxygens (including phenoxy) is 2. The lowest BCUT2D eigenvalue weighted by molar-refractivity contribution is -0.124. The van der Waals surface area contributed by atoms with Gasteiger partial charge in [-0.25, -0.2) is 0 Å². The van der Waals surface area contributed by atoms with Gasteiger partial charge in [-0.1, -0.05) is 40.2 Å². The maximum absolute atomic E-state index is 12.1. The molecule has 5 heteroatoms. The van der Waals surface area contributed by atoms with Gasteiger partial charge in [-0.05, 0) is 24.3 Å². The average molecular weight is 362 g/mol. The van der Waals surface area contributed by atoms with Crippen molar-refractivity contribution in [3.05, 3.63) is 58.6 Å². The van der Waals surface area contributed by atoms with Crippen molar-refractivity contribution in [1.82, 2.24) is 5.32 Å². The lowest BCUT2D eigenvalue weighted by Crippen LogP contribution is -2.35. The number of carbonyl (C=O) groups is 1. The van der Waals surface area contributed by atoms with Crippen molar-refractivity contribution < 1.29 is 14.3 Å². The molecule has 3 rings (SSSR count). The minimum absolute atomic E-state index is 0.00399. The second-order valence-corrected chi connectivity index (χ2v) is 5.96. The molecule has 1 N–H and O–H groups in total. The largest absolute Gasteiger partial charge is 0.493 e. The molecule has 1 aliphatic rings. The number of carbonyl (C=O) groups excluding carboxylic acids is 1. The van der Waals surface area contributed by atoms with Gasteiger partial charge in [0.25, 0.3) is 5.91 Å². The van der Waals surface area contributed by atoms with E-state index in [0.29, 0.717) is 12.4 Å². The van der Waals surface area contributed by atoms with Crippen molar-refractivity contribution in [3.63, 3.8) is 0 Å². The number of benzene rings is 2. The summed E-state index contributed by atoms with van der Waals surface area (Å²) in [7, 11) is 0. The van der Waals surface area contributed by atoms with Gasteiger partial charge in [-0.2, -0.15) is 0 Å². The first-order valence-corrected chi connectivity index (χ1v) is 7.91. The predicted molar refractivity (Wildman–Crippen MR) is 87.1 cm³/mol. The molecule has 0 unspecified atom stereocenters. The summed E-state index contributed by atoms with van der Waals surface area (Å²) in [6.45, 7) is 0.602. The van der Waals surface area contributed by atoms with Gasteiger partial charge in [0.05, 0.1) is 12.6 Å². The van der Waals surface area contributed by atoms with Crippen LogP contribution in [0.2, 0.25) is 0 Å². The standard InChI is InChI=1S/C17H16BrNO3/c18-12-4-3-5-13(10-12)22-11-17(20)19-15-8-9-21-16-7-2-1-6-14(15)16/h1-7,10,15H,8-9,11H2,(H,19,20)/t15-/m1/s1. The van der Waals surface area contributed by atoms with Crippen LogP contribution >= 0.6 is 15.9 Å². The molecule has 1 heterocycles. The van der Waals surface area contributed by atoms with Crippen molar-refractivity contribution >= 4 is 21.8 Å². The van der Waals surface area contributed by atoms with Gasteiger partial charge in [0, 0.05) is 16.5 Å². The number of nitrogens with one attached hydrogen (secondary N) is 1. The Morgan fingerprint density at radius 3 is 3.00 bits per heavy atom. The summed E-state index contributed by atoms with van der Waals surface area (Å²) < 4.78 is 12.0. The summed E-state index contributed by atoms with van der Waals surface area (Å²) in [5, 5.41) is 3.00. The minimum Gasteiger partial charge on any atom is -0.493 e. The molecule has 0 saturated carbocycles. The topological polar surface area (TPSA) is 47.6 Å². The van der Waals surface area contributed by atoms with Crippen LogP contribution < -0.4 is 14.8 Å². The molecule has 0 aliphatic carbocycles. The Morgan fingerprint density at radius 2 is 2.14 bits per heavy atom. The zero-order valence-corrected chi connectivity index (χ0v) is 13.5. The zero-order valence-electron chi connectivity index (χ0n) is 11.9. The van der Waals surface area contributed by atoms with Crippen LogP contribution in [0.3, 0.4) is 0 Å². The number of hydrogen-bond acceptors (Lipinski definition) is 3. The molecule has 0 spiro atoms. The van der Waals surface area contributed by atoms with E-state index in [2.05, 4.69) is 21.2 Å². The van der Waals surface area contributed by atoms with Crippen molar-refractivity contribution in [2.24, 2.45) is 0 Å².